The first kappa shape index (κ1) is 22.2. The average Bonchev–Trinajstić information content (AvgIpc) is 2.70. The van der Waals surface area contributed by atoms with Crippen molar-refractivity contribution in [2.24, 2.45) is 10.9 Å². The molecule has 1 aromatic rings. The molecule has 0 unspecified atom stereocenters. The van der Waals surface area contributed by atoms with Gasteiger partial charge in [-0.1, -0.05) is 24.3 Å². The summed E-state index contributed by atoms with van der Waals surface area (Å²) in [4.78, 5) is 20.7. The molecular weight excluding hydrogens is 350 g/mol. The maximum absolute atomic E-state index is 11.6. The molecule has 0 saturated carbocycles. The molecular formula is C22H37N5O. The van der Waals surface area contributed by atoms with Crippen LogP contribution in [0.4, 0.5) is 0 Å². The van der Waals surface area contributed by atoms with Crippen LogP contribution in [0.15, 0.2) is 29.3 Å². The number of nitrogens with one attached hydrogen (secondary N) is 2. The van der Waals surface area contributed by atoms with Gasteiger partial charge in [-0.25, -0.2) is 0 Å². The number of nitrogens with zero attached hydrogens (tertiary/aromatic N) is 3. The molecule has 1 amide bonds. The minimum atomic E-state index is 0.143. The van der Waals surface area contributed by atoms with E-state index in [0.717, 1.165) is 45.0 Å². The zero-order chi connectivity index (χ0) is 20.5. The molecule has 28 heavy (non-hydrogen) atoms. The number of aliphatic imine (C=N–C) groups is 1. The van der Waals surface area contributed by atoms with Gasteiger partial charge in [-0.3, -0.25) is 14.7 Å². The van der Waals surface area contributed by atoms with Crippen molar-refractivity contribution in [1.29, 1.82) is 0 Å². The van der Waals surface area contributed by atoms with Gasteiger partial charge < -0.3 is 15.5 Å². The van der Waals surface area contributed by atoms with Crippen molar-refractivity contribution < 1.29 is 4.79 Å². The van der Waals surface area contributed by atoms with E-state index in [2.05, 4.69) is 70.6 Å². The topological polar surface area (TPSA) is 60.0 Å². The highest BCUT2D eigenvalue weighted by Crippen LogP contribution is 2.20. The number of hydrogen-bond donors (Lipinski definition) is 2. The number of carbonyl (C=O) groups excluding carboxylic acids is 1. The molecule has 2 N–H and O–H groups in total. The molecule has 0 bridgehead atoms. The van der Waals surface area contributed by atoms with E-state index in [0.29, 0.717) is 18.4 Å². The second-order valence-electron chi connectivity index (χ2n) is 7.99. The second kappa shape index (κ2) is 11.1. The molecule has 1 aliphatic rings. The molecule has 0 radical (unpaired) electrons. The molecule has 1 aromatic carbocycles. The molecule has 6 heteroatoms. The summed E-state index contributed by atoms with van der Waals surface area (Å²) in [6.45, 7) is 8.04. The Morgan fingerprint density at radius 1 is 1.25 bits per heavy atom. The fourth-order valence-electron chi connectivity index (χ4n) is 3.56. The molecule has 2 rings (SSSR count). The van der Waals surface area contributed by atoms with Gasteiger partial charge in [0.1, 0.15) is 0 Å². The summed E-state index contributed by atoms with van der Waals surface area (Å²) in [5.41, 5.74) is 2.66. The summed E-state index contributed by atoms with van der Waals surface area (Å²) in [5, 5.41) is 6.27. The van der Waals surface area contributed by atoms with Crippen molar-refractivity contribution in [1.82, 2.24) is 20.4 Å². The lowest BCUT2D eigenvalue weighted by Gasteiger charge is -2.34. The van der Waals surface area contributed by atoms with Crippen LogP contribution >= 0.6 is 0 Å². The van der Waals surface area contributed by atoms with Gasteiger partial charge in [0, 0.05) is 52.7 Å². The molecule has 0 aliphatic carbocycles. The third-order valence-corrected chi connectivity index (χ3v) is 5.74. The molecule has 1 saturated heterocycles. The molecule has 6 nitrogen and oxygen atoms in total. The monoisotopic (exact) mass is 387 g/mol. The Bertz CT molecular complexity index is 650. The van der Waals surface area contributed by atoms with E-state index in [9.17, 15) is 4.79 Å². The van der Waals surface area contributed by atoms with Gasteiger partial charge in [-0.15, -0.1) is 0 Å². The summed E-state index contributed by atoms with van der Waals surface area (Å²) < 4.78 is 0. The van der Waals surface area contributed by atoms with Gasteiger partial charge in [0.15, 0.2) is 5.96 Å². The third kappa shape index (κ3) is 6.51. The van der Waals surface area contributed by atoms with E-state index in [1.165, 1.54) is 11.1 Å². The minimum Gasteiger partial charge on any atom is -0.359 e. The molecule has 1 heterocycles. The van der Waals surface area contributed by atoms with Crippen molar-refractivity contribution in [3.05, 3.63) is 35.4 Å². The molecule has 0 atom stereocenters. The fourth-order valence-corrected chi connectivity index (χ4v) is 3.56. The number of rotatable bonds is 7. The quantitative estimate of drug-likeness (QED) is 0.557. The first-order valence-corrected chi connectivity index (χ1v) is 10.4. The standard InChI is InChI=1S/C22H37N5O/c1-17(2)26(5)16-20-9-7-6-8-19(20)15-25-22(24-4)27-12-10-18(11-13-27)14-21(28)23-3/h6-9,17-18H,10-16H2,1-5H3,(H,23,28)(H,24,25). The predicted octanol–water partition coefficient (Wildman–Crippen LogP) is 2.45. The number of hydrogen-bond acceptors (Lipinski definition) is 3. The number of likely N-dealkylation sites (tertiary alicyclic amines) is 1. The smallest absolute Gasteiger partial charge is 0.220 e. The van der Waals surface area contributed by atoms with Gasteiger partial charge in [-0.2, -0.15) is 0 Å². The summed E-state index contributed by atoms with van der Waals surface area (Å²) in [6.07, 6.45) is 2.70. The van der Waals surface area contributed by atoms with E-state index in [1.54, 1.807) is 7.05 Å². The van der Waals surface area contributed by atoms with Crippen LogP contribution in [0.25, 0.3) is 0 Å². The highest BCUT2D eigenvalue weighted by atomic mass is 16.1. The zero-order valence-electron chi connectivity index (χ0n) is 18.2. The van der Waals surface area contributed by atoms with Crippen LogP contribution in [-0.4, -0.2) is 61.9 Å². The van der Waals surface area contributed by atoms with Crippen molar-refractivity contribution in [3.8, 4) is 0 Å². The molecule has 1 fully saturated rings. The molecule has 156 valence electrons. The van der Waals surface area contributed by atoms with Crippen LogP contribution in [0.2, 0.25) is 0 Å². The van der Waals surface area contributed by atoms with E-state index < -0.39 is 0 Å². The van der Waals surface area contributed by atoms with Crippen molar-refractivity contribution in [2.45, 2.75) is 52.2 Å². The second-order valence-corrected chi connectivity index (χ2v) is 7.99. The Morgan fingerprint density at radius 2 is 1.89 bits per heavy atom. The fraction of sp³-hybridized carbons (Fsp3) is 0.636. The lowest BCUT2D eigenvalue weighted by molar-refractivity contribution is -0.121. The number of guanidine groups is 1. The highest BCUT2D eigenvalue weighted by Gasteiger charge is 2.23. The number of amides is 1. The Hall–Kier alpha value is -2.08. The summed E-state index contributed by atoms with van der Waals surface area (Å²) in [7, 11) is 5.72. The summed E-state index contributed by atoms with van der Waals surface area (Å²) in [6, 6.07) is 9.13. The van der Waals surface area contributed by atoms with E-state index in [4.69, 9.17) is 0 Å². The van der Waals surface area contributed by atoms with Crippen LogP contribution in [0.3, 0.4) is 0 Å². The van der Waals surface area contributed by atoms with Crippen LogP contribution in [-0.2, 0) is 17.9 Å². The Labute approximate surface area is 170 Å². The summed E-state index contributed by atoms with van der Waals surface area (Å²) in [5.74, 6) is 1.57. The SMILES string of the molecule is CN=C(NCc1ccccc1CN(C)C(C)C)N1CCC(CC(=O)NC)CC1. The normalized spacial score (nSPS) is 16.0. The minimum absolute atomic E-state index is 0.143. The van der Waals surface area contributed by atoms with Crippen LogP contribution < -0.4 is 10.6 Å². The van der Waals surface area contributed by atoms with Crippen LogP contribution in [0.5, 0.6) is 0 Å². The zero-order valence-corrected chi connectivity index (χ0v) is 18.2. The first-order valence-electron chi connectivity index (χ1n) is 10.4. The van der Waals surface area contributed by atoms with Gasteiger partial charge in [0.2, 0.25) is 5.91 Å². The molecule has 0 spiro atoms. The van der Waals surface area contributed by atoms with E-state index in [1.807, 2.05) is 7.05 Å². The Kier molecular flexibility index (Phi) is 8.77. The van der Waals surface area contributed by atoms with E-state index >= 15 is 0 Å². The first-order chi connectivity index (χ1) is 13.4. The summed E-state index contributed by atoms with van der Waals surface area (Å²) >= 11 is 0. The van der Waals surface area contributed by atoms with Gasteiger partial charge in [0.05, 0.1) is 0 Å². The van der Waals surface area contributed by atoms with Crippen molar-refractivity contribution in [3.63, 3.8) is 0 Å². The number of carbonyl (C=O) groups is 1. The van der Waals surface area contributed by atoms with Gasteiger partial charge in [-0.05, 0) is 50.8 Å². The lowest BCUT2D eigenvalue weighted by Crippen LogP contribution is -2.45. The van der Waals surface area contributed by atoms with Crippen LogP contribution in [0.1, 0.15) is 44.2 Å². The Balaban J connectivity index is 1.91. The molecule has 0 aromatic heterocycles. The van der Waals surface area contributed by atoms with Gasteiger partial charge in [0.25, 0.3) is 0 Å². The predicted molar refractivity (Wildman–Crippen MR) is 116 cm³/mol. The van der Waals surface area contributed by atoms with E-state index in [-0.39, 0.29) is 5.91 Å². The largest absolute Gasteiger partial charge is 0.359 e. The Morgan fingerprint density at radius 3 is 2.46 bits per heavy atom. The van der Waals surface area contributed by atoms with Gasteiger partial charge >= 0.3 is 0 Å². The van der Waals surface area contributed by atoms with Crippen molar-refractivity contribution >= 4 is 11.9 Å². The number of benzene rings is 1. The third-order valence-electron chi connectivity index (χ3n) is 5.74. The maximum Gasteiger partial charge on any atom is 0.220 e. The lowest BCUT2D eigenvalue weighted by atomic mass is 9.93. The average molecular weight is 388 g/mol. The molecule has 1 aliphatic heterocycles. The van der Waals surface area contributed by atoms with Crippen molar-refractivity contribution in [2.75, 3.05) is 34.2 Å². The van der Waals surface area contributed by atoms with Crippen LogP contribution in [0, 0.1) is 5.92 Å². The maximum atomic E-state index is 11.6. The number of piperidine rings is 1. The highest BCUT2D eigenvalue weighted by molar-refractivity contribution is 5.80.